The number of nitrogens with zero attached hydrogens (tertiary/aromatic N) is 1. The third-order valence-electron chi connectivity index (χ3n) is 3.25. The normalized spacial score (nSPS) is 20.9. The molecule has 1 atom stereocenters. The molecular formula is C12H16ClFN2O2S. The van der Waals surface area contributed by atoms with Gasteiger partial charge in [-0.2, -0.15) is 4.31 Å². The van der Waals surface area contributed by atoms with Crippen molar-refractivity contribution in [3.05, 3.63) is 29.0 Å². The van der Waals surface area contributed by atoms with E-state index in [1.54, 1.807) is 0 Å². The molecule has 1 heterocycles. The van der Waals surface area contributed by atoms with Crippen molar-refractivity contribution in [3.8, 4) is 0 Å². The molecule has 0 amide bonds. The Hall–Kier alpha value is -0.690. The number of hydrogen-bond donors (Lipinski definition) is 1. The smallest absolute Gasteiger partial charge is 0.244 e. The molecule has 1 aliphatic rings. The first kappa shape index (κ1) is 14.7. The van der Waals surface area contributed by atoms with E-state index in [1.807, 2.05) is 7.05 Å². The third kappa shape index (κ3) is 3.08. The quantitative estimate of drug-likeness (QED) is 0.921. The molecule has 0 radical (unpaired) electrons. The van der Waals surface area contributed by atoms with Crippen LogP contribution in [-0.2, 0) is 10.0 Å². The van der Waals surface area contributed by atoms with Gasteiger partial charge in [-0.3, -0.25) is 0 Å². The molecule has 1 aliphatic heterocycles. The van der Waals surface area contributed by atoms with Gasteiger partial charge in [0.05, 0.1) is 5.02 Å². The number of benzene rings is 1. The molecule has 1 N–H and O–H groups in total. The monoisotopic (exact) mass is 306 g/mol. The summed E-state index contributed by atoms with van der Waals surface area (Å²) in [5.41, 5.74) is 0. The molecular weight excluding hydrogens is 291 g/mol. The lowest BCUT2D eigenvalue weighted by Gasteiger charge is -2.17. The fourth-order valence-corrected chi connectivity index (χ4v) is 4.30. The summed E-state index contributed by atoms with van der Waals surface area (Å²) in [7, 11) is -1.88. The second-order valence-corrected chi connectivity index (χ2v) is 6.96. The maximum absolute atomic E-state index is 13.2. The van der Waals surface area contributed by atoms with Crippen LogP contribution in [0.1, 0.15) is 6.42 Å². The zero-order valence-electron chi connectivity index (χ0n) is 10.6. The van der Waals surface area contributed by atoms with E-state index in [1.165, 1.54) is 10.4 Å². The Morgan fingerprint density at radius 2 is 2.26 bits per heavy atom. The molecule has 0 spiro atoms. The van der Waals surface area contributed by atoms with Gasteiger partial charge in [-0.15, -0.1) is 0 Å². The molecule has 19 heavy (non-hydrogen) atoms. The van der Waals surface area contributed by atoms with Crippen molar-refractivity contribution in [1.82, 2.24) is 9.62 Å². The number of sulfonamides is 1. The van der Waals surface area contributed by atoms with Crippen LogP contribution in [0.2, 0.25) is 5.02 Å². The highest BCUT2D eigenvalue weighted by Crippen LogP contribution is 2.29. The zero-order chi connectivity index (χ0) is 14.0. The first-order chi connectivity index (χ1) is 8.95. The summed E-state index contributed by atoms with van der Waals surface area (Å²) < 4.78 is 39.4. The van der Waals surface area contributed by atoms with Gasteiger partial charge in [0.1, 0.15) is 10.7 Å². The van der Waals surface area contributed by atoms with Gasteiger partial charge in [-0.25, -0.2) is 12.8 Å². The summed E-state index contributed by atoms with van der Waals surface area (Å²) >= 11 is 5.87. The summed E-state index contributed by atoms with van der Waals surface area (Å²) in [6.45, 7) is 1.65. The molecule has 4 nitrogen and oxygen atoms in total. The molecule has 0 aromatic heterocycles. The van der Waals surface area contributed by atoms with Gasteiger partial charge < -0.3 is 5.32 Å². The van der Waals surface area contributed by atoms with Crippen molar-refractivity contribution in [2.75, 3.05) is 26.7 Å². The number of hydrogen-bond acceptors (Lipinski definition) is 3. The SMILES string of the molecule is CNCC1CCN(S(=O)(=O)c2cc(F)ccc2Cl)C1. The van der Waals surface area contributed by atoms with Gasteiger partial charge in [0, 0.05) is 13.1 Å². The predicted molar refractivity (Wildman–Crippen MR) is 72.2 cm³/mol. The molecule has 1 aromatic carbocycles. The van der Waals surface area contributed by atoms with E-state index in [-0.39, 0.29) is 15.8 Å². The molecule has 2 rings (SSSR count). The highest BCUT2D eigenvalue weighted by molar-refractivity contribution is 7.89. The number of rotatable bonds is 4. The van der Waals surface area contributed by atoms with Crippen LogP contribution in [0.4, 0.5) is 4.39 Å². The molecule has 1 saturated heterocycles. The highest BCUT2D eigenvalue weighted by Gasteiger charge is 2.33. The average Bonchev–Trinajstić information content (AvgIpc) is 2.82. The van der Waals surface area contributed by atoms with Crippen LogP contribution in [-0.4, -0.2) is 39.4 Å². The van der Waals surface area contributed by atoms with Gasteiger partial charge in [-0.05, 0) is 44.1 Å². The first-order valence-corrected chi connectivity index (χ1v) is 7.86. The van der Waals surface area contributed by atoms with E-state index in [9.17, 15) is 12.8 Å². The Kier molecular flexibility index (Phi) is 4.45. The largest absolute Gasteiger partial charge is 0.319 e. The van der Waals surface area contributed by atoms with E-state index in [0.29, 0.717) is 13.1 Å². The van der Waals surface area contributed by atoms with Crippen molar-refractivity contribution in [2.45, 2.75) is 11.3 Å². The predicted octanol–water partition coefficient (Wildman–Crippen LogP) is 1.71. The lowest BCUT2D eigenvalue weighted by Crippen LogP contribution is -2.30. The molecule has 1 aromatic rings. The minimum absolute atomic E-state index is 0.0541. The van der Waals surface area contributed by atoms with E-state index in [0.717, 1.165) is 25.1 Å². The Balaban J connectivity index is 2.26. The molecule has 106 valence electrons. The van der Waals surface area contributed by atoms with Crippen LogP contribution in [0.5, 0.6) is 0 Å². The second-order valence-electron chi connectivity index (χ2n) is 4.65. The zero-order valence-corrected chi connectivity index (χ0v) is 12.1. The van der Waals surface area contributed by atoms with Crippen molar-refractivity contribution in [1.29, 1.82) is 0 Å². The minimum Gasteiger partial charge on any atom is -0.319 e. The van der Waals surface area contributed by atoms with Gasteiger partial charge in [-0.1, -0.05) is 11.6 Å². The summed E-state index contributed by atoms with van der Waals surface area (Å²) in [4.78, 5) is -0.153. The molecule has 1 unspecified atom stereocenters. The summed E-state index contributed by atoms with van der Waals surface area (Å²) in [5.74, 6) is -0.318. The number of halogens is 2. The Morgan fingerprint density at radius 1 is 1.53 bits per heavy atom. The highest BCUT2D eigenvalue weighted by atomic mass is 35.5. The van der Waals surface area contributed by atoms with Crippen LogP contribution in [0.25, 0.3) is 0 Å². The Morgan fingerprint density at radius 3 is 2.95 bits per heavy atom. The van der Waals surface area contributed by atoms with Crippen LogP contribution < -0.4 is 5.32 Å². The Labute approximate surface area is 117 Å². The van der Waals surface area contributed by atoms with E-state index in [2.05, 4.69) is 5.32 Å². The molecule has 7 heteroatoms. The standard InChI is InChI=1S/C12H16ClFN2O2S/c1-15-7-9-4-5-16(8-9)19(17,18)12-6-10(14)2-3-11(12)13/h2-3,6,9,15H,4-5,7-8H2,1H3. The lowest BCUT2D eigenvalue weighted by atomic mass is 10.1. The topological polar surface area (TPSA) is 49.4 Å². The van der Waals surface area contributed by atoms with Crippen molar-refractivity contribution in [3.63, 3.8) is 0 Å². The lowest BCUT2D eigenvalue weighted by molar-refractivity contribution is 0.450. The average molecular weight is 307 g/mol. The molecule has 0 saturated carbocycles. The van der Waals surface area contributed by atoms with E-state index in [4.69, 9.17) is 11.6 Å². The van der Waals surface area contributed by atoms with Crippen molar-refractivity contribution < 1.29 is 12.8 Å². The molecule has 0 bridgehead atoms. The number of nitrogens with one attached hydrogen (secondary N) is 1. The van der Waals surface area contributed by atoms with Crippen LogP contribution in [0.3, 0.4) is 0 Å². The van der Waals surface area contributed by atoms with Gasteiger partial charge >= 0.3 is 0 Å². The van der Waals surface area contributed by atoms with Crippen molar-refractivity contribution >= 4 is 21.6 Å². The summed E-state index contributed by atoms with van der Waals surface area (Å²) in [6.07, 6.45) is 0.799. The van der Waals surface area contributed by atoms with Gasteiger partial charge in [0.2, 0.25) is 10.0 Å². The van der Waals surface area contributed by atoms with Gasteiger partial charge in [0.25, 0.3) is 0 Å². The van der Waals surface area contributed by atoms with Gasteiger partial charge in [0.15, 0.2) is 0 Å². The maximum atomic E-state index is 13.2. The third-order valence-corrected chi connectivity index (χ3v) is 5.60. The van der Waals surface area contributed by atoms with Crippen LogP contribution in [0.15, 0.2) is 23.1 Å². The first-order valence-electron chi connectivity index (χ1n) is 6.05. The molecule has 1 fully saturated rings. The second kappa shape index (κ2) is 5.75. The Bertz CT molecular complexity index is 565. The van der Waals surface area contributed by atoms with E-state index >= 15 is 0 Å². The molecule has 0 aliphatic carbocycles. The van der Waals surface area contributed by atoms with Crippen LogP contribution in [0, 0.1) is 11.7 Å². The summed E-state index contributed by atoms with van der Waals surface area (Å²) in [6, 6.07) is 3.39. The maximum Gasteiger partial charge on any atom is 0.244 e. The minimum atomic E-state index is -3.71. The fraction of sp³-hybridized carbons (Fsp3) is 0.500. The van der Waals surface area contributed by atoms with E-state index < -0.39 is 15.8 Å². The fourth-order valence-electron chi connectivity index (χ4n) is 2.28. The summed E-state index contributed by atoms with van der Waals surface area (Å²) in [5, 5.41) is 3.09. The van der Waals surface area contributed by atoms with Crippen LogP contribution >= 0.6 is 11.6 Å². The van der Waals surface area contributed by atoms with Crippen molar-refractivity contribution in [2.24, 2.45) is 5.92 Å².